The fraction of sp³-hybridized carbons (Fsp3) is 0.692. The molecule has 5 heteroatoms. The minimum atomic E-state index is 0.615. The van der Waals surface area contributed by atoms with Crippen molar-refractivity contribution in [2.24, 2.45) is 10.9 Å². The lowest BCUT2D eigenvalue weighted by molar-refractivity contribution is 0.311. The van der Waals surface area contributed by atoms with E-state index in [2.05, 4.69) is 15.5 Å². The molecular weight excluding hydrogens is 246 g/mol. The molecule has 98 valence electrons. The highest BCUT2D eigenvalue weighted by Gasteiger charge is 2.30. The number of nitrogens with zero attached hydrogens (tertiary/aromatic N) is 2. The molecule has 0 spiro atoms. The van der Waals surface area contributed by atoms with Gasteiger partial charge in [-0.15, -0.1) is 0 Å². The molecule has 3 rings (SSSR count). The first-order valence-corrected chi connectivity index (χ1v) is 7.66. The van der Waals surface area contributed by atoms with Gasteiger partial charge in [0.05, 0.1) is 6.54 Å². The van der Waals surface area contributed by atoms with Gasteiger partial charge >= 0.3 is 0 Å². The minimum Gasteiger partial charge on any atom is -0.362 e. The van der Waals surface area contributed by atoms with Crippen molar-refractivity contribution >= 4 is 16.9 Å². The summed E-state index contributed by atoms with van der Waals surface area (Å²) in [6.45, 7) is 2.52. The van der Waals surface area contributed by atoms with Crippen molar-refractivity contribution in [2.75, 3.05) is 5.75 Å². The summed E-state index contributed by atoms with van der Waals surface area (Å²) in [4.78, 5) is 4.60. The molecule has 1 aliphatic carbocycles. The third-order valence-corrected chi connectivity index (χ3v) is 4.83. The van der Waals surface area contributed by atoms with Crippen LogP contribution in [0.25, 0.3) is 0 Å². The van der Waals surface area contributed by atoms with Gasteiger partial charge in [0, 0.05) is 17.9 Å². The molecule has 2 aliphatic rings. The minimum absolute atomic E-state index is 0.615. The summed E-state index contributed by atoms with van der Waals surface area (Å²) in [5.41, 5.74) is 0.910. The topological polar surface area (TPSA) is 50.4 Å². The Morgan fingerprint density at radius 3 is 3.22 bits per heavy atom. The van der Waals surface area contributed by atoms with Crippen LogP contribution in [-0.2, 0) is 6.54 Å². The number of aliphatic imine (C=N–C) groups is 1. The van der Waals surface area contributed by atoms with Crippen molar-refractivity contribution in [3.05, 3.63) is 17.5 Å². The van der Waals surface area contributed by atoms with E-state index in [4.69, 9.17) is 4.52 Å². The molecule has 2 unspecified atom stereocenters. The van der Waals surface area contributed by atoms with Crippen LogP contribution in [0, 0.1) is 12.8 Å². The smallest absolute Gasteiger partial charge is 0.157 e. The quantitative estimate of drug-likeness (QED) is 0.893. The van der Waals surface area contributed by atoms with E-state index in [9.17, 15) is 0 Å². The van der Waals surface area contributed by atoms with Gasteiger partial charge in [-0.25, -0.2) is 0 Å². The van der Waals surface area contributed by atoms with Crippen LogP contribution < -0.4 is 5.32 Å². The maximum atomic E-state index is 5.04. The van der Waals surface area contributed by atoms with Crippen molar-refractivity contribution in [3.8, 4) is 0 Å². The fourth-order valence-electron chi connectivity index (χ4n) is 2.72. The molecule has 1 saturated carbocycles. The van der Waals surface area contributed by atoms with Crippen LogP contribution in [0.2, 0.25) is 0 Å². The zero-order valence-electron chi connectivity index (χ0n) is 10.7. The first-order chi connectivity index (χ1) is 8.81. The Morgan fingerprint density at radius 1 is 1.50 bits per heavy atom. The molecule has 0 amide bonds. The van der Waals surface area contributed by atoms with E-state index in [0.717, 1.165) is 22.5 Å². The molecule has 2 fully saturated rings. The van der Waals surface area contributed by atoms with Gasteiger partial charge in [-0.1, -0.05) is 29.8 Å². The summed E-state index contributed by atoms with van der Waals surface area (Å²) < 4.78 is 5.04. The van der Waals surface area contributed by atoms with Crippen molar-refractivity contribution in [1.82, 2.24) is 10.5 Å². The van der Waals surface area contributed by atoms with Crippen LogP contribution in [0.3, 0.4) is 0 Å². The number of hydrogen-bond donors (Lipinski definition) is 1. The molecule has 1 N–H and O–H groups in total. The standard InChI is InChI=1S/C13H19N3OS/c1-9-6-11(16-17-9)7-14-13-15-12-5-3-2-4-10(12)8-18-13/h6,10,12H,2-5,7-8H2,1H3,(H,14,15). The van der Waals surface area contributed by atoms with Gasteiger partial charge in [-0.3, -0.25) is 4.99 Å². The summed E-state index contributed by atoms with van der Waals surface area (Å²) in [5.74, 6) is 2.91. The molecule has 0 bridgehead atoms. The summed E-state index contributed by atoms with van der Waals surface area (Å²) >= 11 is 1.86. The molecule has 2 atom stereocenters. The Bertz CT molecular complexity index is 443. The normalized spacial score (nSPS) is 29.9. The molecule has 0 radical (unpaired) electrons. The second-order valence-corrected chi connectivity index (χ2v) is 6.17. The summed E-state index contributed by atoms with van der Waals surface area (Å²) in [6, 6.07) is 2.60. The first kappa shape index (κ1) is 12.1. The molecule has 4 nitrogen and oxygen atoms in total. The van der Waals surface area contributed by atoms with Crippen molar-refractivity contribution in [1.29, 1.82) is 0 Å². The molecule has 1 saturated heterocycles. The summed E-state index contributed by atoms with van der Waals surface area (Å²) in [6.07, 6.45) is 5.43. The monoisotopic (exact) mass is 265 g/mol. The number of fused-ring (bicyclic) bond motifs is 1. The maximum absolute atomic E-state index is 5.04. The predicted octanol–water partition coefficient (Wildman–Crippen LogP) is 2.73. The number of amidine groups is 1. The summed E-state index contributed by atoms with van der Waals surface area (Å²) in [5, 5.41) is 8.63. The molecule has 1 aromatic rings. The molecule has 0 aromatic carbocycles. The average Bonchev–Trinajstić information content (AvgIpc) is 2.82. The average molecular weight is 265 g/mol. The van der Waals surface area contributed by atoms with Crippen molar-refractivity contribution in [2.45, 2.75) is 45.2 Å². The Labute approximate surface area is 112 Å². The molecular formula is C13H19N3OS. The highest BCUT2D eigenvalue weighted by molar-refractivity contribution is 8.13. The Hall–Kier alpha value is -0.970. The van der Waals surface area contributed by atoms with Crippen LogP contribution >= 0.6 is 11.8 Å². The highest BCUT2D eigenvalue weighted by Crippen LogP contribution is 2.31. The number of hydrogen-bond acceptors (Lipinski definition) is 4. The van der Waals surface area contributed by atoms with E-state index in [1.165, 1.54) is 31.4 Å². The number of aryl methyl sites for hydroxylation is 1. The molecule has 1 aromatic heterocycles. The third kappa shape index (κ3) is 2.71. The predicted molar refractivity (Wildman–Crippen MR) is 73.7 cm³/mol. The van der Waals surface area contributed by atoms with E-state index >= 15 is 0 Å². The van der Waals surface area contributed by atoms with Crippen LogP contribution in [0.1, 0.15) is 37.1 Å². The molecule has 18 heavy (non-hydrogen) atoms. The highest BCUT2D eigenvalue weighted by atomic mass is 32.2. The van der Waals surface area contributed by atoms with Crippen LogP contribution in [0.15, 0.2) is 15.6 Å². The zero-order valence-corrected chi connectivity index (χ0v) is 11.5. The third-order valence-electron chi connectivity index (χ3n) is 3.71. The van der Waals surface area contributed by atoms with Crippen LogP contribution in [-0.4, -0.2) is 22.1 Å². The molecule has 1 aliphatic heterocycles. The number of aromatic nitrogens is 1. The lowest BCUT2D eigenvalue weighted by atomic mass is 9.86. The van der Waals surface area contributed by atoms with Gasteiger partial charge in [0.1, 0.15) is 11.5 Å². The van der Waals surface area contributed by atoms with E-state index in [0.29, 0.717) is 12.6 Å². The van der Waals surface area contributed by atoms with Gasteiger partial charge < -0.3 is 9.84 Å². The lowest BCUT2D eigenvalue weighted by Crippen LogP contribution is -2.46. The van der Waals surface area contributed by atoms with Gasteiger partial charge in [0.15, 0.2) is 5.17 Å². The van der Waals surface area contributed by atoms with E-state index in [1.54, 1.807) is 0 Å². The van der Waals surface area contributed by atoms with E-state index < -0.39 is 0 Å². The molecule has 2 heterocycles. The zero-order chi connectivity index (χ0) is 12.4. The number of nitrogens with one attached hydrogen (secondary N) is 1. The second kappa shape index (κ2) is 5.34. The summed E-state index contributed by atoms with van der Waals surface area (Å²) in [7, 11) is 0. The Morgan fingerprint density at radius 2 is 2.39 bits per heavy atom. The number of thioether (sulfide) groups is 1. The SMILES string of the molecule is Cc1cc(CN=C2NC3CCCCC3CS2)no1. The van der Waals surface area contributed by atoms with Gasteiger partial charge in [0.2, 0.25) is 0 Å². The van der Waals surface area contributed by atoms with E-state index in [-0.39, 0.29) is 0 Å². The Kier molecular flexibility index (Phi) is 3.59. The van der Waals surface area contributed by atoms with Gasteiger partial charge in [-0.2, -0.15) is 0 Å². The van der Waals surface area contributed by atoms with Gasteiger partial charge in [-0.05, 0) is 25.7 Å². The first-order valence-electron chi connectivity index (χ1n) is 6.67. The fourth-order valence-corrected chi connectivity index (χ4v) is 3.88. The largest absolute Gasteiger partial charge is 0.362 e. The van der Waals surface area contributed by atoms with Crippen molar-refractivity contribution in [3.63, 3.8) is 0 Å². The van der Waals surface area contributed by atoms with Crippen molar-refractivity contribution < 1.29 is 4.52 Å². The van der Waals surface area contributed by atoms with Gasteiger partial charge in [0.25, 0.3) is 0 Å². The lowest BCUT2D eigenvalue weighted by Gasteiger charge is -2.36. The van der Waals surface area contributed by atoms with Crippen LogP contribution in [0.5, 0.6) is 0 Å². The van der Waals surface area contributed by atoms with Crippen LogP contribution in [0.4, 0.5) is 0 Å². The maximum Gasteiger partial charge on any atom is 0.157 e. The number of rotatable bonds is 2. The second-order valence-electron chi connectivity index (χ2n) is 5.16. The van der Waals surface area contributed by atoms with E-state index in [1.807, 2.05) is 24.8 Å². The Balaban J connectivity index is 1.59.